The van der Waals surface area contributed by atoms with Gasteiger partial charge in [0.05, 0.1) is 5.92 Å². The Morgan fingerprint density at radius 1 is 1.58 bits per heavy atom. The first-order chi connectivity index (χ1) is 8.99. The number of hydrogen-bond acceptors (Lipinski definition) is 2. The van der Waals surface area contributed by atoms with Crippen LogP contribution in [0.1, 0.15) is 25.3 Å². The average molecular weight is 347 g/mol. The van der Waals surface area contributed by atoms with Crippen LogP contribution in [0.2, 0.25) is 5.02 Å². The van der Waals surface area contributed by atoms with E-state index in [1.54, 1.807) is 0 Å². The molecule has 0 bridgehead atoms. The van der Waals surface area contributed by atoms with Crippen molar-refractivity contribution in [1.82, 2.24) is 4.90 Å². The van der Waals surface area contributed by atoms with Crippen molar-refractivity contribution in [2.75, 3.05) is 6.54 Å². The van der Waals surface area contributed by atoms with Crippen LogP contribution in [0.4, 0.5) is 0 Å². The zero-order valence-electron chi connectivity index (χ0n) is 10.8. The van der Waals surface area contributed by atoms with E-state index in [0.717, 1.165) is 34.4 Å². The topological polar surface area (TPSA) is 40.5 Å². The summed E-state index contributed by atoms with van der Waals surface area (Å²) in [6, 6.07) is 5.87. The van der Waals surface area contributed by atoms with E-state index >= 15 is 0 Å². The lowest BCUT2D eigenvalue weighted by atomic mass is 9.90. The average Bonchev–Trinajstić information content (AvgIpc) is 2.34. The van der Waals surface area contributed by atoms with Gasteiger partial charge in [-0.15, -0.1) is 0 Å². The fourth-order valence-electron chi connectivity index (χ4n) is 2.64. The third-order valence-corrected chi connectivity index (χ3v) is 4.67. The van der Waals surface area contributed by atoms with Crippen molar-refractivity contribution < 1.29 is 9.90 Å². The van der Waals surface area contributed by atoms with Gasteiger partial charge in [0, 0.05) is 22.1 Å². The minimum Gasteiger partial charge on any atom is -0.481 e. The highest BCUT2D eigenvalue weighted by atomic mass is 79.9. The summed E-state index contributed by atoms with van der Waals surface area (Å²) in [5.41, 5.74) is 1.04. The van der Waals surface area contributed by atoms with Crippen LogP contribution in [0.3, 0.4) is 0 Å². The second kappa shape index (κ2) is 6.25. The van der Waals surface area contributed by atoms with Crippen LogP contribution in [-0.2, 0) is 11.3 Å². The SMILES string of the molecule is C[C@@H]1[C@H](C(=O)O)CCCN1Cc1ccc(Br)cc1Cl. The van der Waals surface area contributed by atoms with Gasteiger partial charge in [-0.3, -0.25) is 9.69 Å². The van der Waals surface area contributed by atoms with Crippen LogP contribution < -0.4 is 0 Å². The number of rotatable bonds is 3. The van der Waals surface area contributed by atoms with E-state index in [4.69, 9.17) is 11.6 Å². The van der Waals surface area contributed by atoms with E-state index in [9.17, 15) is 9.90 Å². The highest BCUT2D eigenvalue weighted by Gasteiger charge is 2.32. The van der Waals surface area contributed by atoms with E-state index < -0.39 is 5.97 Å². The van der Waals surface area contributed by atoms with Gasteiger partial charge in [0.1, 0.15) is 0 Å². The van der Waals surface area contributed by atoms with Gasteiger partial charge in [-0.2, -0.15) is 0 Å². The highest BCUT2D eigenvalue weighted by Crippen LogP contribution is 2.28. The van der Waals surface area contributed by atoms with Crippen molar-refractivity contribution >= 4 is 33.5 Å². The number of nitrogens with zero attached hydrogens (tertiary/aromatic N) is 1. The Morgan fingerprint density at radius 3 is 2.95 bits per heavy atom. The van der Waals surface area contributed by atoms with Gasteiger partial charge in [-0.25, -0.2) is 0 Å². The standard InChI is InChI=1S/C14H17BrClNO2/c1-9-12(14(18)19)3-2-6-17(9)8-10-4-5-11(15)7-13(10)16/h4-5,7,9,12H,2-3,6,8H2,1H3,(H,18,19)/t9-,12-/m1/s1. The Balaban J connectivity index is 2.11. The Hall–Kier alpha value is -0.580. The molecule has 0 spiro atoms. The molecule has 104 valence electrons. The molecule has 3 nitrogen and oxygen atoms in total. The molecule has 0 unspecified atom stereocenters. The van der Waals surface area contributed by atoms with Gasteiger partial charge in [0.15, 0.2) is 0 Å². The first-order valence-corrected chi connectivity index (χ1v) is 7.57. The number of piperidine rings is 1. The molecule has 0 aromatic heterocycles. The second-order valence-electron chi connectivity index (χ2n) is 5.03. The number of halogens is 2. The van der Waals surface area contributed by atoms with Gasteiger partial charge in [-0.1, -0.05) is 33.6 Å². The summed E-state index contributed by atoms with van der Waals surface area (Å²) in [7, 11) is 0. The van der Waals surface area contributed by atoms with Crippen LogP contribution in [-0.4, -0.2) is 28.6 Å². The van der Waals surface area contributed by atoms with Crippen LogP contribution in [0.15, 0.2) is 22.7 Å². The van der Waals surface area contributed by atoms with Gasteiger partial charge >= 0.3 is 5.97 Å². The summed E-state index contributed by atoms with van der Waals surface area (Å²) in [6.45, 7) is 3.62. The minimum atomic E-state index is -0.695. The summed E-state index contributed by atoms with van der Waals surface area (Å²) in [5.74, 6) is -0.970. The molecule has 1 aromatic rings. The molecule has 5 heteroatoms. The van der Waals surface area contributed by atoms with E-state index in [1.807, 2.05) is 25.1 Å². The zero-order chi connectivity index (χ0) is 14.0. The van der Waals surface area contributed by atoms with Crippen molar-refractivity contribution in [3.8, 4) is 0 Å². The molecule has 1 fully saturated rings. The third-order valence-electron chi connectivity index (χ3n) is 3.82. The van der Waals surface area contributed by atoms with Crippen molar-refractivity contribution in [3.05, 3.63) is 33.3 Å². The fraction of sp³-hybridized carbons (Fsp3) is 0.500. The van der Waals surface area contributed by atoms with Crippen LogP contribution >= 0.6 is 27.5 Å². The van der Waals surface area contributed by atoms with Crippen LogP contribution in [0, 0.1) is 5.92 Å². The second-order valence-corrected chi connectivity index (χ2v) is 6.36. The minimum absolute atomic E-state index is 0.0472. The molecule has 1 heterocycles. The number of aliphatic carboxylic acids is 1. The maximum Gasteiger partial charge on any atom is 0.308 e. The number of hydrogen-bond donors (Lipinski definition) is 1. The van der Waals surface area contributed by atoms with Crippen molar-refractivity contribution in [1.29, 1.82) is 0 Å². The zero-order valence-corrected chi connectivity index (χ0v) is 13.1. The van der Waals surface area contributed by atoms with Gasteiger partial charge in [0.2, 0.25) is 0 Å². The summed E-state index contributed by atoms with van der Waals surface area (Å²) < 4.78 is 0.955. The Morgan fingerprint density at radius 2 is 2.32 bits per heavy atom. The third kappa shape index (κ3) is 3.50. The monoisotopic (exact) mass is 345 g/mol. The van der Waals surface area contributed by atoms with E-state index in [-0.39, 0.29) is 12.0 Å². The largest absolute Gasteiger partial charge is 0.481 e. The number of likely N-dealkylation sites (tertiary alicyclic amines) is 1. The predicted octanol–water partition coefficient (Wildman–Crippen LogP) is 3.79. The molecule has 0 amide bonds. The molecular formula is C14H17BrClNO2. The molecule has 1 aliphatic rings. The van der Waals surface area contributed by atoms with Crippen molar-refractivity contribution in [2.45, 2.75) is 32.4 Å². The fourth-order valence-corrected chi connectivity index (χ4v) is 3.37. The first-order valence-electron chi connectivity index (χ1n) is 6.40. The van der Waals surface area contributed by atoms with Crippen LogP contribution in [0.5, 0.6) is 0 Å². The molecule has 2 rings (SSSR count). The molecule has 0 aliphatic carbocycles. The van der Waals surface area contributed by atoms with Gasteiger partial charge in [-0.05, 0) is 44.0 Å². The number of carbonyl (C=O) groups is 1. The molecule has 2 atom stereocenters. The molecular weight excluding hydrogens is 330 g/mol. The first kappa shape index (κ1) is 14.8. The number of carboxylic acid groups (broad SMARTS) is 1. The quantitative estimate of drug-likeness (QED) is 0.905. The summed E-state index contributed by atoms with van der Waals surface area (Å²) >= 11 is 9.61. The summed E-state index contributed by atoms with van der Waals surface area (Å²) in [4.78, 5) is 13.4. The molecule has 0 saturated carbocycles. The molecule has 1 aliphatic heterocycles. The van der Waals surface area contributed by atoms with E-state index in [2.05, 4.69) is 20.8 Å². The number of carboxylic acids is 1. The lowest BCUT2D eigenvalue weighted by Gasteiger charge is -2.37. The van der Waals surface area contributed by atoms with Gasteiger partial charge < -0.3 is 5.11 Å². The van der Waals surface area contributed by atoms with Crippen molar-refractivity contribution in [3.63, 3.8) is 0 Å². The molecule has 1 aromatic carbocycles. The molecule has 0 radical (unpaired) electrons. The summed E-state index contributed by atoms with van der Waals surface area (Å²) in [6.07, 6.45) is 1.69. The molecule has 1 saturated heterocycles. The maximum atomic E-state index is 11.2. The lowest BCUT2D eigenvalue weighted by molar-refractivity contribution is -0.145. The smallest absolute Gasteiger partial charge is 0.308 e. The molecule has 1 N–H and O–H groups in total. The van der Waals surface area contributed by atoms with E-state index in [0.29, 0.717) is 6.54 Å². The maximum absolute atomic E-state index is 11.2. The van der Waals surface area contributed by atoms with Crippen molar-refractivity contribution in [2.24, 2.45) is 5.92 Å². The van der Waals surface area contributed by atoms with Gasteiger partial charge in [0.25, 0.3) is 0 Å². The highest BCUT2D eigenvalue weighted by molar-refractivity contribution is 9.10. The lowest BCUT2D eigenvalue weighted by Crippen LogP contribution is -2.45. The predicted molar refractivity (Wildman–Crippen MR) is 79.4 cm³/mol. The Kier molecular flexibility index (Phi) is 4.87. The Labute approximate surface area is 126 Å². The van der Waals surface area contributed by atoms with E-state index in [1.165, 1.54) is 0 Å². The summed E-state index contributed by atoms with van der Waals surface area (Å²) in [5, 5.41) is 9.95. The number of benzene rings is 1. The van der Waals surface area contributed by atoms with Crippen LogP contribution in [0.25, 0.3) is 0 Å². The Bertz CT molecular complexity index is 481. The normalized spacial score (nSPS) is 24.4. The molecule has 19 heavy (non-hydrogen) atoms.